The minimum Gasteiger partial charge on any atom is -0.494 e. The number of nitrogens with zero attached hydrogens (tertiary/aromatic N) is 2. The van der Waals surface area contributed by atoms with Gasteiger partial charge in [0.15, 0.2) is 0 Å². The van der Waals surface area contributed by atoms with Crippen LogP contribution < -0.4 is 10.1 Å². The van der Waals surface area contributed by atoms with Gasteiger partial charge in [0, 0.05) is 23.2 Å². The van der Waals surface area contributed by atoms with E-state index in [4.69, 9.17) is 4.74 Å². The lowest BCUT2D eigenvalue weighted by atomic mass is 10.2. The van der Waals surface area contributed by atoms with Crippen molar-refractivity contribution in [2.45, 2.75) is 46.8 Å². The average Bonchev–Trinajstić information content (AvgIpc) is 3.23. The molecular weight excluding hydrogens is 465 g/mol. The molecule has 3 rings (SSSR count). The predicted molar refractivity (Wildman–Crippen MR) is 138 cm³/mol. The maximum absolute atomic E-state index is 13.5. The number of anilines is 1. The van der Waals surface area contributed by atoms with Crippen molar-refractivity contribution in [1.29, 1.82) is 0 Å². The standard InChI is InChI=1S/C27H32FN3O3S/c1-5-34-24-12-10-23(11-13-24)29-27(33)31(19(2)3)18-26(32)30(17-25-20(4)14-15-35-25)16-21-6-8-22(28)9-7-21/h6-15,19H,5,16-18H2,1-4H3,(H,29,33). The highest BCUT2D eigenvalue weighted by atomic mass is 32.1. The second kappa shape index (κ2) is 12.4. The molecule has 0 fully saturated rings. The summed E-state index contributed by atoms with van der Waals surface area (Å²) in [6, 6.07) is 14.7. The summed E-state index contributed by atoms with van der Waals surface area (Å²) in [5.74, 6) is 0.219. The SMILES string of the molecule is CCOc1ccc(NC(=O)N(CC(=O)N(Cc2ccc(F)cc2)Cc2sccc2C)C(C)C)cc1. The van der Waals surface area contributed by atoms with E-state index in [1.165, 1.54) is 17.0 Å². The van der Waals surface area contributed by atoms with E-state index in [0.29, 0.717) is 25.4 Å². The smallest absolute Gasteiger partial charge is 0.322 e. The second-order valence-corrected chi connectivity index (χ2v) is 9.51. The highest BCUT2D eigenvalue weighted by Crippen LogP contribution is 2.21. The molecule has 1 aromatic heterocycles. The van der Waals surface area contributed by atoms with Gasteiger partial charge in [-0.1, -0.05) is 12.1 Å². The number of nitrogens with one attached hydrogen (secondary N) is 1. The van der Waals surface area contributed by atoms with Crippen molar-refractivity contribution in [3.63, 3.8) is 0 Å². The summed E-state index contributed by atoms with van der Waals surface area (Å²) < 4.78 is 18.8. The Morgan fingerprint density at radius 3 is 2.29 bits per heavy atom. The number of ether oxygens (including phenoxy) is 1. The number of rotatable bonds is 10. The Kier molecular flexibility index (Phi) is 9.25. The van der Waals surface area contributed by atoms with E-state index in [2.05, 4.69) is 5.32 Å². The lowest BCUT2D eigenvalue weighted by molar-refractivity contribution is -0.133. The lowest BCUT2D eigenvalue weighted by Gasteiger charge is -2.30. The summed E-state index contributed by atoms with van der Waals surface area (Å²) >= 11 is 1.59. The van der Waals surface area contributed by atoms with Crippen LogP contribution in [0.3, 0.4) is 0 Å². The summed E-state index contributed by atoms with van der Waals surface area (Å²) in [6.07, 6.45) is 0. The molecule has 0 spiro atoms. The minimum absolute atomic E-state index is 0.0772. The first-order chi connectivity index (χ1) is 16.8. The molecule has 0 aliphatic heterocycles. The van der Waals surface area contributed by atoms with Gasteiger partial charge in [-0.25, -0.2) is 9.18 Å². The molecule has 0 radical (unpaired) electrons. The molecule has 2 aromatic carbocycles. The fourth-order valence-corrected chi connectivity index (χ4v) is 4.43. The summed E-state index contributed by atoms with van der Waals surface area (Å²) in [4.78, 5) is 30.8. The molecular formula is C27H32FN3O3S. The molecule has 0 bridgehead atoms. The molecule has 3 aromatic rings. The van der Waals surface area contributed by atoms with Gasteiger partial charge < -0.3 is 19.9 Å². The number of urea groups is 1. The van der Waals surface area contributed by atoms with Crippen LogP contribution in [0.1, 0.15) is 36.8 Å². The van der Waals surface area contributed by atoms with E-state index >= 15 is 0 Å². The van der Waals surface area contributed by atoms with Crippen LogP contribution >= 0.6 is 11.3 Å². The number of aryl methyl sites for hydroxylation is 1. The highest BCUT2D eigenvalue weighted by molar-refractivity contribution is 7.10. The van der Waals surface area contributed by atoms with Gasteiger partial charge in [-0.15, -0.1) is 11.3 Å². The lowest BCUT2D eigenvalue weighted by Crippen LogP contribution is -2.47. The summed E-state index contributed by atoms with van der Waals surface area (Å²) in [5.41, 5.74) is 2.55. The molecule has 0 unspecified atom stereocenters. The fraction of sp³-hybridized carbons (Fsp3) is 0.333. The van der Waals surface area contributed by atoms with Crippen molar-refractivity contribution in [2.24, 2.45) is 0 Å². The number of thiophene rings is 1. The molecule has 186 valence electrons. The molecule has 0 aliphatic carbocycles. The van der Waals surface area contributed by atoms with Gasteiger partial charge >= 0.3 is 6.03 Å². The topological polar surface area (TPSA) is 61.9 Å². The molecule has 0 saturated carbocycles. The van der Waals surface area contributed by atoms with Gasteiger partial charge in [0.25, 0.3) is 0 Å². The summed E-state index contributed by atoms with van der Waals surface area (Å²) in [5, 5.41) is 4.86. The first-order valence-corrected chi connectivity index (χ1v) is 12.5. The van der Waals surface area contributed by atoms with Crippen LogP contribution in [0.5, 0.6) is 5.75 Å². The van der Waals surface area contributed by atoms with E-state index in [9.17, 15) is 14.0 Å². The number of halogens is 1. The first-order valence-electron chi connectivity index (χ1n) is 11.6. The van der Waals surface area contributed by atoms with E-state index in [1.54, 1.807) is 52.6 Å². The van der Waals surface area contributed by atoms with Crippen molar-refractivity contribution in [1.82, 2.24) is 9.80 Å². The molecule has 3 amide bonds. The van der Waals surface area contributed by atoms with Crippen LogP contribution in [0.4, 0.5) is 14.9 Å². The molecule has 35 heavy (non-hydrogen) atoms. The van der Waals surface area contributed by atoms with E-state index < -0.39 is 0 Å². The largest absolute Gasteiger partial charge is 0.494 e. The van der Waals surface area contributed by atoms with Gasteiger partial charge in [-0.2, -0.15) is 0 Å². The predicted octanol–water partition coefficient (Wildman–Crippen LogP) is 6.07. The van der Waals surface area contributed by atoms with Crippen molar-refractivity contribution in [3.8, 4) is 5.75 Å². The molecule has 1 heterocycles. The van der Waals surface area contributed by atoms with Crippen LogP contribution in [-0.2, 0) is 17.9 Å². The van der Waals surface area contributed by atoms with E-state index in [0.717, 1.165) is 21.8 Å². The van der Waals surface area contributed by atoms with Gasteiger partial charge in [0.05, 0.1) is 13.2 Å². The first kappa shape index (κ1) is 26.2. The number of hydrogen-bond donors (Lipinski definition) is 1. The maximum atomic E-state index is 13.5. The van der Waals surface area contributed by atoms with E-state index in [1.807, 2.05) is 39.1 Å². The number of benzene rings is 2. The van der Waals surface area contributed by atoms with Crippen molar-refractivity contribution in [3.05, 3.63) is 81.8 Å². The van der Waals surface area contributed by atoms with Gasteiger partial charge in [0.2, 0.25) is 5.91 Å². The van der Waals surface area contributed by atoms with Crippen LogP contribution in [0.15, 0.2) is 60.0 Å². The second-order valence-electron chi connectivity index (χ2n) is 8.51. The van der Waals surface area contributed by atoms with Crippen LogP contribution in [0.2, 0.25) is 0 Å². The Hall–Kier alpha value is -3.39. The number of carbonyl (C=O) groups excluding carboxylic acids is 2. The van der Waals surface area contributed by atoms with Crippen LogP contribution in [0, 0.1) is 12.7 Å². The van der Waals surface area contributed by atoms with Crippen LogP contribution in [0.25, 0.3) is 0 Å². The number of carbonyl (C=O) groups is 2. The van der Waals surface area contributed by atoms with E-state index in [-0.39, 0.29) is 30.3 Å². The zero-order valence-electron chi connectivity index (χ0n) is 20.6. The Morgan fingerprint density at radius 1 is 1.03 bits per heavy atom. The molecule has 8 heteroatoms. The normalized spacial score (nSPS) is 10.8. The van der Waals surface area contributed by atoms with Crippen molar-refractivity contribution < 1.29 is 18.7 Å². The molecule has 0 aliphatic rings. The zero-order chi connectivity index (χ0) is 25.4. The fourth-order valence-electron chi connectivity index (χ4n) is 3.51. The van der Waals surface area contributed by atoms with Crippen molar-refractivity contribution in [2.75, 3.05) is 18.5 Å². The number of amides is 3. The average molecular weight is 498 g/mol. The van der Waals surface area contributed by atoms with Crippen LogP contribution in [-0.4, -0.2) is 40.9 Å². The monoisotopic (exact) mass is 497 g/mol. The number of hydrogen-bond acceptors (Lipinski definition) is 4. The summed E-state index contributed by atoms with van der Waals surface area (Å²) in [6.45, 7) is 8.90. The minimum atomic E-state index is -0.355. The highest BCUT2D eigenvalue weighted by Gasteiger charge is 2.24. The zero-order valence-corrected chi connectivity index (χ0v) is 21.4. The van der Waals surface area contributed by atoms with Gasteiger partial charge in [-0.05, 0) is 86.7 Å². The van der Waals surface area contributed by atoms with Gasteiger partial charge in [-0.3, -0.25) is 4.79 Å². The van der Waals surface area contributed by atoms with Crippen molar-refractivity contribution >= 4 is 29.0 Å². The molecule has 1 N–H and O–H groups in total. The molecule has 0 atom stereocenters. The molecule has 0 saturated heterocycles. The quantitative estimate of drug-likeness (QED) is 0.370. The Labute approximate surface area is 210 Å². The Balaban J connectivity index is 1.74. The Bertz CT molecular complexity index is 1110. The third-order valence-corrected chi connectivity index (χ3v) is 6.56. The third kappa shape index (κ3) is 7.55. The van der Waals surface area contributed by atoms with Gasteiger partial charge in [0.1, 0.15) is 18.1 Å². The summed E-state index contributed by atoms with van der Waals surface area (Å²) in [7, 11) is 0. The Morgan fingerprint density at radius 2 is 1.71 bits per heavy atom. The third-order valence-electron chi connectivity index (χ3n) is 5.55. The maximum Gasteiger partial charge on any atom is 0.322 e. The molecule has 6 nitrogen and oxygen atoms in total.